The van der Waals surface area contributed by atoms with Crippen molar-refractivity contribution in [3.63, 3.8) is 0 Å². The quantitative estimate of drug-likeness (QED) is 0.658. The summed E-state index contributed by atoms with van der Waals surface area (Å²) in [5.41, 5.74) is 0.255. The number of hydrogen-bond donors (Lipinski definition) is 1. The first-order valence-electron chi connectivity index (χ1n) is 4.55. The van der Waals surface area contributed by atoms with Crippen LogP contribution in [0.1, 0.15) is 32.6 Å². The normalized spacial score (nSPS) is 18.8. The lowest BCUT2D eigenvalue weighted by Crippen LogP contribution is -2.30. The van der Waals surface area contributed by atoms with E-state index >= 15 is 0 Å². The van der Waals surface area contributed by atoms with Crippen LogP contribution in [0.2, 0.25) is 0 Å². The molecular formula is C9H16ClNO. The third-order valence-electron chi connectivity index (χ3n) is 2.38. The molecule has 0 radical (unpaired) electrons. The van der Waals surface area contributed by atoms with Gasteiger partial charge in [-0.25, -0.2) is 0 Å². The highest BCUT2D eigenvalue weighted by Gasteiger charge is 2.41. The fourth-order valence-corrected chi connectivity index (χ4v) is 1.50. The van der Waals surface area contributed by atoms with Crippen molar-refractivity contribution in [1.29, 1.82) is 0 Å². The molecule has 0 bridgehead atoms. The molecule has 1 aliphatic rings. The highest BCUT2D eigenvalue weighted by Crippen LogP contribution is 2.45. The zero-order valence-electron chi connectivity index (χ0n) is 7.53. The van der Waals surface area contributed by atoms with Gasteiger partial charge in [-0.05, 0) is 19.3 Å². The minimum atomic E-state index is 0.161. The maximum absolute atomic E-state index is 11.1. The summed E-state index contributed by atoms with van der Waals surface area (Å²) in [6, 6.07) is 0. The van der Waals surface area contributed by atoms with E-state index in [1.54, 1.807) is 0 Å². The van der Waals surface area contributed by atoms with Crippen molar-refractivity contribution in [2.45, 2.75) is 32.6 Å². The molecule has 2 nitrogen and oxygen atoms in total. The maximum atomic E-state index is 11.1. The van der Waals surface area contributed by atoms with Crippen LogP contribution < -0.4 is 5.32 Å². The molecule has 3 heteroatoms. The minimum Gasteiger partial charge on any atom is -0.356 e. The van der Waals surface area contributed by atoms with Gasteiger partial charge in [-0.2, -0.15) is 0 Å². The fraction of sp³-hybridized carbons (Fsp3) is 0.889. The Morgan fingerprint density at radius 3 is 2.67 bits per heavy atom. The van der Waals surface area contributed by atoms with Crippen LogP contribution in [0.5, 0.6) is 0 Å². The van der Waals surface area contributed by atoms with Gasteiger partial charge < -0.3 is 5.32 Å². The monoisotopic (exact) mass is 189 g/mol. The second-order valence-electron chi connectivity index (χ2n) is 3.66. The molecule has 0 aromatic carbocycles. The molecule has 1 aliphatic carbocycles. The minimum absolute atomic E-state index is 0.161. The van der Waals surface area contributed by atoms with Gasteiger partial charge in [0.1, 0.15) is 0 Å². The highest BCUT2D eigenvalue weighted by molar-refractivity contribution is 6.18. The summed E-state index contributed by atoms with van der Waals surface area (Å²) in [4.78, 5) is 11.1. The van der Waals surface area contributed by atoms with Crippen molar-refractivity contribution in [2.75, 3.05) is 12.4 Å². The topological polar surface area (TPSA) is 29.1 Å². The molecule has 1 fully saturated rings. The molecule has 0 spiro atoms. The Hall–Kier alpha value is -0.240. The average Bonchev–Trinajstić information content (AvgIpc) is 2.82. The summed E-state index contributed by atoms with van der Waals surface area (Å²) in [5.74, 6) is 0.841. The van der Waals surface area contributed by atoms with E-state index < -0.39 is 0 Å². The maximum Gasteiger partial charge on any atom is 0.220 e. The van der Waals surface area contributed by atoms with Gasteiger partial charge in [-0.1, -0.05) is 6.92 Å². The number of carbonyl (C=O) groups is 1. The van der Waals surface area contributed by atoms with Gasteiger partial charge in [-0.15, -0.1) is 11.6 Å². The molecule has 12 heavy (non-hydrogen) atoms. The number of alkyl halides is 1. The average molecular weight is 190 g/mol. The Balaban J connectivity index is 2.12. The molecule has 0 aromatic rings. The molecule has 70 valence electrons. The SMILES string of the molecule is CCCC(=O)NCC1(CCl)CC1. The number of amides is 1. The number of rotatable bonds is 5. The Morgan fingerprint density at radius 2 is 2.25 bits per heavy atom. The van der Waals surface area contributed by atoms with Crippen LogP contribution in [0.25, 0.3) is 0 Å². The van der Waals surface area contributed by atoms with Gasteiger partial charge in [0.2, 0.25) is 5.91 Å². The molecule has 0 unspecified atom stereocenters. The van der Waals surface area contributed by atoms with Crippen LogP contribution >= 0.6 is 11.6 Å². The summed E-state index contributed by atoms with van der Waals surface area (Å²) in [7, 11) is 0. The van der Waals surface area contributed by atoms with Crippen molar-refractivity contribution in [3.05, 3.63) is 0 Å². The second-order valence-corrected chi connectivity index (χ2v) is 3.93. The third-order valence-corrected chi connectivity index (χ3v) is 2.95. The van der Waals surface area contributed by atoms with Crippen molar-refractivity contribution >= 4 is 17.5 Å². The third kappa shape index (κ3) is 2.67. The lowest BCUT2D eigenvalue weighted by Gasteiger charge is -2.11. The lowest BCUT2D eigenvalue weighted by molar-refractivity contribution is -0.121. The smallest absolute Gasteiger partial charge is 0.220 e. The molecule has 1 N–H and O–H groups in total. The zero-order valence-corrected chi connectivity index (χ0v) is 8.28. The van der Waals surface area contributed by atoms with Gasteiger partial charge in [0.15, 0.2) is 0 Å². The summed E-state index contributed by atoms with van der Waals surface area (Å²) < 4.78 is 0. The first-order valence-corrected chi connectivity index (χ1v) is 5.08. The van der Waals surface area contributed by atoms with Crippen LogP contribution in [0.4, 0.5) is 0 Å². The second kappa shape index (κ2) is 4.13. The molecule has 0 aromatic heterocycles. The number of halogens is 1. The zero-order chi connectivity index (χ0) is 9.03. The molecule has 1 rings (SSSR count). The van der Waals surface area contributed by atoms with E-state index in [4.69, 9.17) is 11.6 Å². The van der Waals surface area contributed by atoms with Gasteiger partial charge in [0.25, 0.3) is 0 Å². The number of carbonyl (C=O) groups excluding carboxylic acids is 1. The van der Waals surface area contributed by atoms with Crippen LogP contribution in [0.3, 0.4) is 0 Å². The van der Waals surface area contributed by atoms with Crippen molar-refractivity contribution in [1.82, 2.24) is 5.32 Å². The Bertz CT molecular complexity index is 166. The standard InChI is InChI=1S/C9H16ClNO/c1-2-3-8(12)11-7-9(6-10)4-5-9/h2-7H2,1H3,(H,11,12). The van der Waals surface area contributed by atoms with E-state index in [-0.39, 0.29) is 11.3 Å². The van der Waals surface area contributed by atoms with Crippen LogP contribution in [0.15, 0.2) is 0 Å². The molecule has 0 saturated heterocycles. The largest absolute Gasteiger partial charge is 0.356 e. The first kappa shape index (κ1) is 9.85. The summed E-state index contributed by atoms with van der Waals surface area (Å²) >= 11 is 5.76. The van der Waals surface area contributed by atoms with Gasteiger partial charge in [0.05, 0.1) is 0 Å². The van der Waals surface area contributed by atoms with Crippen molar-refractivity contribution in [3.8, 4) is 0 Å². The summed E-state index contributed by atoms with van der Waals surface area (Å²) in [6.45, 7) is 2.78. The van der Waals surface area contributed by atoms with Crippen LogP contribution in [-0.2, 0) is 4.79 Å². The molecule has 0 atom stereocenters. The summed E-state index contributed by atoms with van der Waals surface area (Å²) in [5, 5.41) is 2.91. The van der Waals surface area contributed by atoms with Crippen molar-refractivity contribution in [2.24, 2.45) is 5.41 Å². The predicted molar refractivity (Wildman–Crippen MR) is 50.3 cm³/mol. The Kier molecular flexibility index (Phi) is 3.39. The molecule has 0 heterocycles. The van der Waals surface area contributed by atoms with E-state index in [2.05, 4.69) is 5.32 Å². The fourth-order valence-electron chi connectivity index (χ4n) is 1.14. The van der Waals surface area contributed by atoms with E-state index in [1.165, 1.54) is 12.8 Å². The van der Waals surface area contributed by atoms with Crippen molar-refractivity contribution < 1.29 is 4.79 Å². The van der Waals surface area contributed by atoms with E-state index in [0.29, 0.717) is 12.3 Å². The summed E-state index contributed by atoms with van der Waals surface area (Å²) in [6.07, 6.45) is 3.89. The Morgan fingerprint density at radius 1 is 1.58 bits per heavy atom. The predicted octanol–water partition coefficient (Wildman–Crippen LogP) is 1.92. The van der Waals surface area contributed by atoms with Crippen LogP contribution in [0, 0.1) is 5.41 Å². The first-order chi connectivity index (χ1) is 5.72. The number of nitrogens with one attached hydrogen (secondary N) is 1. The van der Waals surface area contributed by atoms with Crippen LogP contribution in [-0.4, -0.2) is 18.3 Å². The molecule has 1 saturated carbocycles. The van der Waals surface area contributed by atoms with Gasteiger partial charge >= 0.3 is 0 Å². The van der Waals surface area contributed by atoms with E-state index in [9.17, 15) is 4.79 Å². The lowest BCUT2D eigenvalue weighted by atomic mass is 10.1. The van der Waals surface area contributed by atoms with Gasteiger partial charge in [-0.3, -0.25) is 4.79 Å². The molecular weight excluding hydrogens is 174 g/mol. The highest BCUT2D eigenvalue weighted by atomic mass is 35.5. The molecule has 1 amide bonds. The van der Waals surface area contributed by atoms with E-state index in [0.717, 1.165) is 13.0 Å². The molecule has 0 aliphatic heterocycles. The Labute approximate surface area is 78.7 Å². The van der Waals surface area contributed by atoms with E-state index in [1.807, 2.05) is 6.92 Å². The number of hydrogen-bond acceptors (Lipinski definition) is 1. The van der Waals surface area contributed by atoms with Gasteiger partial charge in [0, 0.05) is 24.3 Å².